The fourth-order valence-electron chi connectivity index (χ4n) is 2.53. The fourth-order valence-corrected chi connectivity index (χ4v) is 3.09. The molecule has 0 fully saturated rings. The summed E-state index contributed by atoms with van der Waals surface area (Å²) in [6.45, 7) is 8.40. The lowest BCUT2D eigenvalue weighted by Gasteiger charge is -2.33. The molecule has 1 N–H and O–H groups in total. The molecule has 0 aliphatic carbocycles. The SMILES string of the molecule is CCCN(C(=O)On1cc(-c2cccc(NS(C)(=O)=O)c2)cn1)C(C)(C)C. The maximum Gasteiger partial charge on any atom is 0.436 e. The summed E-state index contributed by atoms with van der Waals surface area (Å²) in [5.41, 5.74) is 1.51. The van der Waals surface area contributed by atoms with Crippen LogP contribution in [-0.2, 0) is 10.0 Å². The first-order valence-corrected chi connectivity index (χ1v) is 10.5. The van der Waals surface area contributed by atoms with Crippen LogP contribution in [0.1, 0.15) is 34.1 Å². The molecule has 0 saturated carbocycles. The minimum absolute atomic E-state index is 0.366. The summed E-state index contributed by atoms with van der Waals surface area (Å²) >= 11 is 0. The van der Waals surface area contributed by atoms with Gasteiger partial charge in [0.1, 0.15) is 0 Å². The molecule has 0 aliphatic heterocycles. The predicted molar refractivity (Wildman–Crippen MR) is 105 cm³/mol. The molecule has 0 unspecified atom stereocenters. The summed E-state index contributed by atoms with van der Waals surface area (Å²) in [6.07, 6.45) is 4.55. The Labute approximate surface area is 160 Å². The van der Waals surface area contributed by atoms with Gasteiger partial charge in [-0.1, -0.05) is 23.9 Å². The van der Waals surface area contributed by atoms with Crippen LogP contribution in [0.2, 0.25) is 0 Å². The van der Waals surface area contributed by atoms with Crippen molar-refractivity contribution < 1.29 is 18.0 Å². The van der Waals surface area contributed by atoms with Crippen LogP contribution in [0.3, 0.4) is 0 Å². The van der Waals surface area contributed by atoms with Crippen LogP contribution < -0.4 is 9.56 Å². The monoisotopic (exact) mass is 394 g/mol. The van der Waals surface area contributed by atoms with Gasteiger partial charge in [0.2, 0.25) is 10.0 Å². The number of sulfonamides is 1. The van der Waals surface area contributed by atoms with E-state index >= 15 is 0 Å². The molecule has 0 saturated heterocycles. The van der Waals surface area contributed by atoms with Gasteiger partial charge < -0.3 is 4.90 Å². The smallest absolute Gasteiger partial charge is 0.302 e. The fraction of sp³-hybridized carbons (Fsp3) is 0.444. The molecule has 2 rings (SSSR count). The molecule has 8 nitrogen and oxygen atoms in total. The summed E-state index contributed by atoms with van der Waals surface area (Å²) in [5.74, 6) is 0. The van der Waals surface area contributed by atoms with Gasteiger partial charge in [-0.05, 0) is 44.9 Å². The maximum atomic E-state index is 12.5. The first-order chi connectivity index (χ1) is 12.5. The third-order valence-corrected chi connectivity index (χ3v) is 4.31. The first-order valence-electron chi connectivity index (χ1n) is 8.62. The number of aromatic nitrogens is 2. The second-order valence-electron chi connectivity index (χ2n) is 7.27. The predicted octanol–water partition coefficient (Wildman–Crippen LogP) is 2.98. The maximum absolute atomic E-state index is 12.5. The molecule has 0 bridgehead atoms. The highest BCUT2D eigenvalue weighted by Gasteiger charge is 2.27. The molecule has 148 valence electrons. The van der Waals surface area contributed by atoms with Gasteiger partial charge in [-0.2, -0.15) is 0 Å². The van der Waals surface area contributed by atoms with Gasteiger partial charge in [0.05, 0.1) is 18.6 Å². The van der Waals surface area contributed by atoms with E-state index < -0.39 is 16.1 Å². The van der Waals surface area contributed by atoms with Crippen LogP contribution in [0, 0.1) is 0 Å². The van der Waals surface area contributed by atoms with E-state index in [0.29, 0.717) is 17.8 Å². The molecular formula is C18H26N4O4S. The van der Waals surface area contributed by atoms with E-state index in [0.717, 1.165) is 23.1 Å². The highest BCUT2D eigenvalue weighted by atomic mass is 32.2. The van der Waals surface area contributed by atoms with Gasteiger partial charge in [-0.25, -0.2) is 13.2 Å². The summed E-state index contributed by atoms with van der Waals surface area (Å²) in [6, 6.07) is 6.88. The van der Waals surface area contributed by atoms with E-state index in [1.165, 1.54) is 0 Å². The molecule has 9 heteroatoms. The van der Waals surface area contributed by atoms with E-state index in [1.807, 2.05) is 33.8 Å². The summed E-state index contributed by atoms with van der Waals surface area (Å²) < 4.78 is 25.2. The molecule has 1 aromatic carbocycles. The van der Waals surface area contributed by atoms with Crippen molar-refractivity contribution in [3.8, 4) is 11.1 Å². The zero-order valence-electron chi connectivity index (χ0n) is 16.3. The average molecular weight is 394 g/mol. The van der Waals surface area contributed by atoms with Gasteiger partial charge in [0.15, 0.2) is 0 Å². The second kappa shape index (κ2) is 7.99. The van der Waals surface area contributed by atoms with Crippen molar-refractivity contribution in [3.63, 3.8) is 0 Å². The lowest BCUT2D eigenvalue weighted by molar-refractivity contribution is 0.0503. The number of hydrogen-bond acceptors (Lipinski definition) is 5. The lowest BCUT2D eigenvalue weighted by atomic mass is 10.1. The van der Waals surface area contributed by atoms with Crippen LogP contribution in [0.15, 0.2) is 36.7 Å². The molecule has 1 aromatic heterocycles. The largest absolute Gasteiger partial charge is 0.436 e. The summed E-state index contributed by atoms with van der Waals surface area (Å²) in [5, 5.41) is 4.07. The van der Waals surface area contributed by atoms with Gasteiger partial charge in [-0.3, -0.25) is 9.56 Å². The van der Waals surface area contributed by atoms with E-state index in [9.17, 15) is 13.2 Å². The van der Waals surface area contributed by atoms with Crippen molar-refractivity contribution in [3.05, 3.63) is 36.7 Å². The lowest BCUT2D eigenvalue weighted by Crippen LogP contribution is -2.49. The molecule has 0 radical (unpaired) electrons. The first kappa shape index (κ1) is 20.8. The van der Waals surface area contributed by atoms with Crippen molar-refractivity contribution in [1.82, 2.24) is 14.8 Å². The Morgan fingerprint density at radius 1 is 1.30 bits per heavy atom. The van der Waals surface area contributed by atoms with E-state index in [4.69, 9.17) is 4.84 Å². The van der Waals surface area contributed by atoms with Gasteiger partial charge in [-0.15, -0.1) is 5.10 Å². The zero-order valence-corrected chi connectivity index (χ0v) is 17.1. The van der Waals surface area contributed by atoms with Gasteiger partial charge in [0.25, 0.3) is 0 Å². The molecule has 1 heterocycles. The van der Waals surface area contributed by atoms with Crippen molar-refractivity contribution in [2.24, 2.45) is 0 Å². The number of amides is 1. The molecule has 27 heavy (non-hydrogen) atoms. The molecule has 2 aromatic rings. The van der Waals surface area contributed by atoms with Crippen molar-refractivity contribution in [2.45, 2.75) is 39.7 Å². The number of anilines is 1. The number of benzene rings is 1. The minimum Gasteiger partial charge on any atom is -0.302 e. The number of carbonyl (C=O) groups is 1. The van der Waals surface area contributed by atoms with Crippen LogP contribution in [0.4, 0.5) is 10.5 Å². The molecule has 0 aliphatic rings. The average Bonchev–Trinajstić information content (AvgIpc) is 2.98. The number of rotatable bonds is 6. The third-order valence-electron chi connectivity index (χ3n) is 3.71. The molecule has 1 amide bonds. The molecule has 0 spiro atoms. The van der Waals surface area contributed by atoms with E-state index in [-0.39, 0.29) is 5.54 Å². The third kappa shape index (κ3) is 5.99. The van der Waals surface area contributed by atoms with Crippen molar-refractivity contribution in [2.75, 3.05) is 17.5 Å². The van der Waals surface area contributed by atoms with Gasteiger partial charge >= 0.3 is 6.09 Å². The van der Waals surface area contributed by atoms with Crippen LogP contribution >= 0.6 is 0 Å². The normalized spacial score (nSPS) is 11.9. The number of nitrogens with zero attached hydrogens (tertiary/aromatic N) is 3. The van der Waals surface area contributed by atoms with Crippen LogP contribution in [0.25, 0.3) is 11.1 Å². The molecular weight excluding hydrogens is 368 g/mol. The molecule has 0 atom stereocenters. The Hall–Kier alpha value is -2.55. The standard InChI is InChI=1S/C18H26N4O4S/c1-6-10-21(18(2,3)4)17(23)26-22-13-15(12-19-22)14-8-7-9-16(11-14)20-27(5,24)25/h7-9,11-13,20H,6,10H2,1-5H3. The van der Waals surface area contributed by atoms with E-state index in [1.54, 1.807) is 35.5 Å². The number of carbonyl (C=O) groups excluding carboxylic acids is 1. The Balaban J connectivity index is 2.17. The van der Waals surface area contributed by atoms with Gasteiger partial charge in [0, 0.05) is 23.3 Å². The summed E-state index contributed by atoms with van der Waals surface area (Å²) in [7, 11) is -3.36. The quantitative estimate of drug-likeness (QED) is 0.813. The Kier molecular flexibility index (Phi) is 6.15. The van der Waals surface area contributed by atoms with E-state index in [2.05, 4.69) is 9.82 Å². The topological polar surface area (TPSA) is 93.5 Å². The van der Waals surface area contributed by atoms with Crippen LogP contribution in [-0.4, -0.2) is 47.7 Å². The Bertz CT molecular complexity index is 900. The highest BCUT2D eigenvalue weighted by Crippen LogP contribution is 2.22. The minimum atomic E-state index is -3.36. The highest BCUT2D eigenvalue weighted by molar-refractivity contribution is 7.92. The summed E-state index contributed by atoms with van der Waals surface area (Å²) in [4.78, 5) is 20.6. The van der Waals surface area contributed by atoms with Crippen molar-refractivity contribution >= 4 is 21.8 Å². The van der Waals surface area contributed by atoms with Crippen molar-refractivity contribution in [1.29, 1.82) is 0 Å². The van der Waals surface area contributed by atoms with Crippen LogP contribution in [0.5, 0.6) is 0 Å². The number of nitrogens with one attached hydrogen (secondary N) is 1. The zero-order chi connectivity index (χ0) is 20.2. The Morgan fingerprint density at radius 3 is 2.59 bits per heavy atom. The second-order valence-corrected chi connectivity index (χ2v) is 9.01. The Morgan fingerprint density at radius 2 is 2.00 bits per heavy atom. The number of hydrogen-bond donors (Lipinski definition) is 1.